The predicted octanol–water partition coefficient (Wildman–Crippen LogP) is 3.10. The Balaban J connectivity index is 2.35. The Hall–Kier alpha value is -1.14. The Bertz CT molecular complexity index is 529. The number of rotatable bonds is 3. The largest absolute Gasteiger partial charge is 0.416 e. The number of aryl methyl sites for hydroxylation is 1. The van der Waals surface area contributed by atoms with Gasteiger partial charge in [-0.3, -0.25) is 0 Å². The van der Waals surface area contributed by atoms with Gasteiger partial charge in [-0.1, -0.05) is 25.4 Å². The standard InChI is InChI=1S/C10H11ClN4OS/c1-5(2)7-8(11)12-4-13-9(7)17-10-15-14-6(3)16-10/h4-5H,1-3H3. The molecule has 0 aliphatic rings. The zero-order valence-corrected chi connectivity index (χ0v) is 11.2. The fourth-order valence-electron chi connectivity index (χ4n) is 1.33. The van der Waals surface area contributed by atoms with Crippen LogP contribution in [0.2, 0.25) is 5.15 Å². The van der Waals surface area contributed by atoms with Gasteiger partial charge in [0.25, 0.3) is 5.22 Å². The molecule has 2 aromatic heterocycles. The van der Waals surface area contributed by atoms with Gasteiger partial charge < -0.3 is 4.42 Å². The van der Waals surface area contributed by atoms with Gasteiger partial charge in [-0.25, -0.2) is 9.97 Å². The molecule has 0 aliphatic carbocycles. The lowest BCUT2D eigenvalue weighted by Crippen LogP contribution is -1.97. The van der Waals surface area contributed by atoms with Crippen LogP contribution in [-0.4, -0.2) is 20.2 Å². The zero-order chi connectivity index (χ0) is 12.4. The first-order valence-corrected chi connectivity index (χ1v) is 6.25. The maximum Gasteiger partial charge on any atom is 0.282 e. The van der Waals surface area contributed by atoms with Crippen LogP contribution in [0.1, 0.15) is 31.2 Å². The van der Waals surface area contributed by atoms with E-state index in [2.05, 4.69) is 20.2 Å². The second-order valence-electron chi connectivity index (χ2n) is 3.73. The Morgan fingerprint density at radius 3 is 2.65 bits per heavy atom. The van der Waals surface area contributed by atoms with Crippen LogP contribution in [0, 0.1) is 6.92 Å². The Morgan fingerprint density at radius 2 is 2.06 bits per heavy atom. The molecule has 0 saturated heterocycles. The third-order valence-electron chi connectivity index (χ3n) is 2.07. The third kappa shape index (κ3) is 2.76. The van der Waals surface area contributed by atoms with E-state index in [1.54, 1.807) is 6.92 Å². The summed E-state index contributed by atoms with van der Waals surface area (Å²) in [5, 5.41) is 9.36. The predicted molar refractivity (Wildman–Crippen MR) is 64.3 cm³/mol. The Labute approximate surface area is 108 Å². The van der Waals surface area contributed by atoms with Gasteiger partial charge >= 0.3 is 0 Å². The summed E-state index contributed by atoms with van der Waals surface area (Å²) in [6.07, 6.45) is 1.43. The molecule has 0 fully saturated rings. The fourth-order valence-corrected chi connectivity index (χ4v) is 2.69. The summed E-state index contributed by atoms with van der Waals surface area (Å²) in [5.41, 5.74) is 0.898. The number of hydrogen-bond acceptors (Lipinski definition) is 6. The lowest BCUT2D eigenvalue weighted by Gasteiger charge is -2.10. The molecule has 0 bridgehead atoms. The van der Waals surface area contributed by atoms with Crippen LogP contribution in [0.25, 0.3) is 0 Å². The minimum absolute atomic E-state index is 0.232. The maximum atomic E-state index is 6.06. The van der Waals surface area contributed by atoms with Crippen molar-refractivity contribution in [2.24, 2.45) is 0 Å². The molecule has 7 heteroatoms. The topological polar surface area (TPSA) is 64.7 Å². The number of hydrogen-bond donors (Lipinski definition) is 0. The smallest absolute Gasteiger partial charge is 0.282 e. The maximum absolute atomic E-state index is 6.06. The van der Waals surface area contributed by atoms with E-state index >= 15 is 0 Å². The molecule has 0 N–H and O–H groups in total. The lowest BCUT2D eigenvalue weighted by atomic mass is 10.1. The van der Waals surface area contributed by atoms with Crippen molar-refractivity contribution in [1.82, 2.24) is 20.2 Å². The van der Waals surface area contributed by atoms with Crippen molar-refractivity contribution in [1.29, 1.82) is 0 Å². The molecule has 2 aromatic rings. The highest BCUT2D eigenvalue weighted by molar-refractivity contribution is 7.99. The van der Waals surface area contributed by atoms with E-state index in [4.69, 9.17) is 16.0 Å². The van der Waals surface area contributed by atoms with Crippen LogP contribution >= 0.6 is 23.4 Å². The summed E-state index contributed by atoms with van der Waals surface area (Å²) in [7, 11) is 0. The molecule has 0 spiro atoms. The van der Waals surface area contributed by atoms with E-state index in [1.807, 2.05) is 13.8 Å². The van der Waals surface area contributed by atoms with Crippen molar-refractivity contribution in [3.63, 3.8) is 0 Å². The molecule has 0 radical (unpaired) electrons. The highest BCUT2D eigenvalue weighted by Crippen LogP contribution is 2.34. The first kappa shape index (κ1) is 12.3. The molecule has 0 atom stereocenters. The van der Waals surface area contributed by atoms with E-state index in [0.717, 1.165) is 10.6 Å². The minimum atomic E-state index is 0.232. The Kier molecular flexibility index (Phi) is 3.63. The van der Waals surface area contributed by atoms with Crippen LogP contribution in [0.3, 0.4) is 0 Å². The van der Waals surface area contributed by atoms with Crippen molar-refractivity contribution >= 4 is 23.4 Å². The molecule has 0 unspecified atom stereocenters. The SMILES string of the molecule is Cc1nnc(Sc2ncnc(Cl)c2C(C)C)o1. The van der Waals surface area contributed by atoms with E-state index in [-0.39, 0.29) is 5.92 Å². The molecular weight excluding hydrogens is 260 g/mol. The minimum Gasteiger partial charge on any atom is -0.416 e. The summed E-state index contributed by atoms with van der Waals surface area (Å²) in [6, 6.07) is 0. The quantitative estimate of drug-likeness (QED) is 0.799. The summed E-state index contributed by atoms with van der Waals surface area (Å²) >= 11 is 7.37. The van der Waals surface area contributed by atoms with Crippen molar-refractivity contribution < 1.29 is 4.42 Å². The van der Waals surface area contributed by atoms with Gasteiger partial charge in [0.1, 0.15) is 16.5 Å². The lowest BCUT2D eigenvalue weighted by molar-refractivity contribution is 0.429. The van der Waals surface area contributed by atoms with Gasteiger partial charge in [-0.05, 0) is 17.7 Å². The molecule has 0 saturated carbocycles. The number of halogens is 1. The molecule has 2 heterocycles. The second-order valence-corrected chi connectivity index (χ2v) is 5.03. The number of nitrogens with zero attached hydrogens (tertiary/aromatic N) is 4. The van der Waals surface area contributed by atoms with Crippen LogP contribution in [0.15, 0.2) is 21.0 Å². The second kappa shape index (κ2) is 5.01. The van der Waals surface area contributed by atoms with Crippen LogP contribution in [-0.2, 0) is 0 Å². The molecule has 0 aliphatic heterocycles. The normalized spacial score (nSPS) is 11.1. The van der Waals surface area contributed by atoms with E-state index in [1.165, 1.54) is 18.1 Å². The van der Waals surface area contributed by atoms with Crippen molar-refractivity contribution in [3.05, 3.63) is 22.9 Å². The third-order valence-corrected chi connectivity index (χ3v) is 3.23. The van der Waals surface area contributed by atoms with Crippen LogP contribution < -0.4 is 0 Å². The van der Waals surface area contributed by atoms with E-state index in [0.29, 0.717) is 16.3 Å². The molecule has 17 heavy (non-hydrogen) atoms. The summed E-state index contributed by atoms with van der Waals surface area (Å²) in [4.78, 5) is 8.19. The van der Waals surface area contributed by atoms with Gasteiger partial charge in [0.05, 0.1) is 0 Å². The average Bonchev–Trinajstić information content (AvgIpc) is 2.63. The highest BCUT2D eigenvalue weighted by Gasteiger charge is 2.16. The van der Waals surface area contributed by atoms with E-state index in [9.17, 15) is 0 Å². The molecular formula is C10H11ClN4OS. The molecule has 0 aromatic carbocycles. The van der Waals surface area contributed by atoms with Crippen LogP contribution in [0.5, 0.6) is 0 Å². The summed E-state index contributed by atoms with van der Waals surface area (Å²) in [5.74, 6) is 0.758. The molecule has 5 nitrogen and oxygen atoms in total. The first-order valence-electron chi connectivity index (χ1n) is 5.06. The van der Waals surface area contributed by atoms with Gasteiger partial charge in [0.15, 0.2) is 0 Å². The monoisotopic (exact) mass is 270 g/mol. The van der Waals surface area contributed by atoms with Crippen molar-refractivity contribution in [3.8, 4) is 0 Å². The molecule has 90 valence electrons. The highest BCUT2D eigenvalue weighted by atomic mass is 35.5. The van der Waals surface area contributed by atoms with Gasteiger partial charge in [0, 0.05) is 12.5 Å². The average molecular weight is 271 g/mol. The number of aromatic nitrogens is 4. The fraction of sp³-hybridized carbons (Fsp3) is 0.400. The molecule has 2 rings (SSSR count). The zero-order valence-electron chi connectivity index (χ0n) is 9.64. The van der Waals surface area contributed by atoms with Crippen LogP contribution in [0.4, 0.5) is 0 Å². The van der Waals surface area contributed by atoms with Crippen molar-refractivity contribution in [2.45, 2.75) is 36.9 Å². The van der Waals surface area contributed by atoms with Gasteiger partial charge in [-0.15, -0.1) is 10.2 Å². The van der Waals surface area contributed by atoms with Gasteiger partial charge in [-0.2, -0.15) is 0 Å². The first-order chi connectivity index (χ1) is 8.08. The van der Waals surface area contributed by atoms with Gasteiger partial charge in [0.2, 0.25) is 5.89 Å². The Morgan fingerprint density at radius 1 is 1.29 bits per heavy atom. The summed E-state index contributed by atoms with van der Waals surface area (Å²) < 4.78 is 5.30. The van der Waals surface area contributed by atoms with Crippen molar-refractivity contribution in [2.75, 3.05) is 0 Å². The van der Waals surface area contributed by atoms with E-state index < -0.39 is 0 Å². The summed E-state index contributed by atoms with van der Waals surface area (Å²) in [6.45, 7) is 5.81. The molecule has 0 amide bonds.